The van der Waals surface area contributed by atoms with E-state index in [2.05, 4.69) is 16.5 Å². The second-order valence-electron chi connectivity index (χ2n) is 8.90. The maximum Gasteiger partial charge on any atom is 0.306 e. The second-order valence-corrected chi connectivity index (χ2v) is 8.90. The summed E-state index contributed by atoms with van der Waals surface area (Å²) in [4.78, 5) is 24.8. The van der Waals surface area contributed by atoms with Gasteiger partial charge in [-0.1, -0.05) is 18.2 Å². The van der Waals surface area contributed by atoms with Gasteiger partial charge in [0.25, 0.3) is 5.91 Å². The van der Waals surface area contributed by atoms with Gasteiger partial charge in [-0.05, 0) is 66.1 Å². The lowest BCUT2D eigenvalue weighted by Gasteiger charge is -2.24. The standard InChI is InChI=1S/C27H33N3O5/c1-33-14-15-35-26(31)17-21-4-7-24-18-25(9-8-23(24)16-21)29-27(32)22-5-2-20(3-6-22)19-28-30-10-12-34-13-11-30/h2-3,5-6,8-9,18-19,21H,4,7,10-17H2,1H3,(H,29,32)/b28-19+. The molecule has 2 aromatic carbocycles. The third kappa shape index (κ3) is 7.37. The molecule has 0 saturated carbocycles. The Balaban J connectivity index is 1.28. The Labute approximate surface area is 206 Å². The number of carbonyl (C=O) groups is 2. The summed E-state index contributed by atoms with van der Waals surface area (Å²) in [5.41, 5.74) is 4.77. The van der Waals surface area contributed by atoms with E-state index in [1.54, 1.807) is 7.11 Å². The highest BCUT2D eigenvalue weighted by atomic mass is 16.6. The molecule has 1 atom stereocenters. The van der Waals surface area contributed by atoms with E-state index in [-0.39, 0.29) is 17.8 Å². The predicted octanol–water partition coefficient (Wildman–Crippen LogP) is 3.29. The highest BCUT2D eigenvalue weighted by molar-refractivity contribution is 6.04. The van der Waals surface area contributed by atoms with Crippen LogP contribution in [-0.2, 0) is 31.8 Å². The Kier molecular flexibility index (Phi) is 8.86. The number of methoxy groups -OCH3 is 1. The van der Waals surface area contributed by atoms with Crippen molar-refractivity contribution in [2.75, 3.05) is 51.9 Å². The van der Waals surface area contributed by atoms with Crippen LogP contribution in [-0.4, -0.2) is 69.7 Å². The lowest BCUT2D eigenvalue weighted by atomic mass is 9.82. The lowest BCUT2D eigenvalue weighted by molar-refractivity contribution is -0.146. The molecule has 8 heteroatoms. The Morgan fingerprint density at radius 2 is 1.91 bits per heavy atom. The summed E-state index contributed by atoms with van der Waals surface area (Å²) in [5, 5.41) is 9.46. The number of anilines is 1. The second kappa shape index (κ2) is 12.5. The van der Waals surface area contributed by atoms with Gasteiger partial charge < -0.3 is 19.5 Å². The minimum Gasteiger partial charge on any atom is -0.463 e. The number of hydrogen-bond donors (Lipinski definition) is 1. The number of nitrogens with one attached hydrogen (secondary N) is 1. The van der Waals surface area contributed by atoms with Crippen molar-refractivity contribution in [2.45, 2.75) is 25.7 Å². The van der Waals surface area contributed by atoms with E-state index in [0.29, 0.717) is 38.4 Å². The van der Waals surface area contributed by atoms with E-state index in [9.17, 15) is 9.59 Å². The van der Waals surface area contributed by atoms with Crippen molar-refractivity contribution in [1.29, 1.82) is 0 Å². The van der Waals surface area contributed by atoms with E-state index < -0.39 is 0 Å². The van der Waals surface area contributed by atoms with Crippen LogP contribution in [0.4, 0.5) is 5.69 Å². The van der Waals surface area contributed by atoms with Crippen LogP contribution in [0.3, 0.4) is 0 Å². The van der Waals surface area contributed by atoms with Crippen molar-refractivity contribution in [1.82, 2.24) is 5.01 Å². The Hall–Kier alpha value is -3.23. The van der Waals surface area contributed by atoms with Gasteiger partial charge in [-0.2, -0.15) is 5.10 Å². The van der Waals surface area contributed by atoms with Crippen molar-refractivity contribution in [3.63, 3.8) is 0 Å². The minimum atomic E-state index is -0.169. The number of hydrazone groups is 1. The summed E-state index contributed by atoms with van der Waals surface area (Å²) in [7, 11) is 1.59. The fraction of sp³-hybridized carbons (Fsp3) is 0.444. The van der Waals surface area contributed by atoms with E-state index in [4.69, 9.17) is 14.2 Å². The molecule has 1 unspecified atom stereocenters. The maximum absolute atomic E-state index is 12.8. The number of fused-ring (bicyclic) bond motifs is 1. The monoisotopic (exact) mass is 479 g/mol. The molecule has 1 amide bonds. The number of amides is 1. The molecule has 0 radical (unpaired) electrons. The molecule has 1 aliphatic carbocycles. The fourth-order valence-corrected chi connectivity index (χ4v) is 4.36. The molecule has 186 valence electrons. The summed E-state index contributed by atoms with van der Waals surface area (Å²) < 4.78 is 15.4. The molecule has 2 aromatic rings. The number of rotatable bonds is 9. The molecule has 1 N–H and O–H groups in total. The molecule has 35 heavy (non-hydrogen) atoms. The van der Waals surface area contributed by atoms with Gasteiger partial charge in [0, 0.05) is 24.8 Å². The summed E-state index contributed by atoms with van der Waals surface area (Å²) in [6.07, 6.45) is 4.89. The lowest BCUT2D eigenvalue weighted by Crippen LogP contribution is -2.32. The maximum atomic E-state index is 12.8. The van der Waals surface area contributed by atoms with Gasteiger partial charge in [0.2, 0.25) is 0 Å². The van der Waals surface area contributed by atoms with E-state index in [0.717, 1.165) is 43.6 Å². The SMILES string of the molecule is COCCOC(=O)CC1CCc2cc(NC(=O)c3ccc(/C=N/N4CCOCC4)cc3)ccc2C1. The molecule has 0 aromatic heterocycles. The van der Waals surface area contributed by atoms with Crippen LogP contribution in [0.2, 0.25) is 0 Å². The summed E-state index contributed by atoms with van der Waals surface area (Å²) in [6, 6.07) is 13.4. The molecule has 1 heterocycles. The topological polar surface area (TPSA) is 89.5 Å². The number of morpholine rings is 1. The number of ether oxygens (including phenoxy) is 3. The molecular weight excluding hydrogens is 446 g/mol. The van der Waals surface area contributed by atoms with Crippen molar-refractivity contribution >= 4 is 23.8 Å². The van der Waals surface area contributed by atoms with E-state index in [1.165, 1.54) is 11.1 Å². The van der Waals surface area contributed by atoms with Crippen LogP contribution in [0.15, 0.2) is 47.6 Å². The quantitative estimate of drug-likeness (QED) is 0.337. The average molecular weight is 480 g/mol. The van der Waals surface area contributed by atoms with E-state index >= 15 is 0 Å². The molecule has 0 bridgehead atoms. The van der Waals surface area contributed by atoms with Crippen LogP contribution in [0.1, 0.15) is 39.9 Å². The smallest absolute Gasteiger partial charge is 0.306 e. The first-order valence-corrected chi connectivity index (χ1v) is 12.1. The third-order valence-electron chi connectivity index (χ3n) is 6.33. The Morgan fingerprint density at radius 3 is 2.69 bits per heavy atom. The van der Waals surface area contributed by atoms with Crippen LogP contribution >= 0.6 is 0 Å². The van der Waals surface area contributed by atoms with Gasteiger partial charge in [-0.25, -0.2) is 0 Å². The third-order valence-corrected chi connectivity index (χ3v) is 6.33. The summed E-state index contributed by atoms with van der Waals surface area (Å²) >= 11 is 0. The zero-order valence-electron chi connectivity index (χ0n) is 20.2. The minimum absolute atomic E-state index is 0.144. The molecule has 4 rings (SSSR count). The fourth-order valence-electron chi connectivity index (χ4n) is 4.36. The molecule has 8 nitrogen and oxygen atoms in total. The van der Waals surface area contributed by atoms with Crippen LogP contribution < -0.4 is 5.32 Å². The Morgan fingerprint density at radius 1 is 1.11 bits per heavy atom. The van der Waals surface area contributed by atoms with Crippen molar-refractivity contribution in [3.8, 4) is 0 Å². The molecule has 2 aliphatic rings. The van der Waals surface area contributed by atoms with Crippen LogP contribution in [0.25, 0.3) is 0 Å². The van der Waals surface area contributed by atoms with Gasteiger partial charge in [-0.3, -0.25) is 14.6 Å². The highest BCUT2D eigenvalue weighted by Gasteiger charge is 2.22. The van der Waals surface area contributed by atoms with Crippen molar-refractivity contribution in [3.05, 3.63) is 64.7 Å². The van der Waals surface area contributed by atoms with Gasteiger partial charge in [-0.15, -0.1) is 0 Å². The first-order valence-electron chi connectivity index (χ1n) is 12.1. The van der Waals surface area contributed by atoms with Crippen molar-refractivity contribution < 1.29 is 23.8 Å². The number of hydrogen-bond acceptors (Lipinski definition) is 7. The van der Waals surface area contributed by atoms with Gasteiger partial charge >= 0.3 is 5.97 Å². The number of carbonyl (C=O) groups excluding carboxylic acids is 2. The Bertz CT molecular complexity index is 1030. The zero-order chi connectivity index (χ0) is 24.5. The van der Waals surface area contributed by atoms with E-state index in [1.807, 2.05) is 47.6 Å². The van der Waals surface area contributed by atoms with Gasteiger partial charge in [0.15, 0.2) is 0 Å². The molecule has 1 saturated heterocycles. The number of benzene rings is 2. The van der Waals surface area contributed by atoms with Gasteiger partial charge in [0.1, 0.15) is 6.61 Å². The summed E-state index contributed by atoms with van der Waals surface area (Å²) in [6.45, 7) is 3.69. The number of aryl methyl sites for hydroxylation is 1. The predicted molar refractivity (Wildman–Crippen MR) is 134 cm³/mol. The largest absolute Gasteiger partial charge is 0.463 e. The molecule has 1 aliphatic heterocycles. The first kappa shape index (κ1) is 24.9. The van der Waals surface area contributed by atoms with Crippen LogP contribution in [0.5, 0.6) is 0 Å². The summed E-state index contributed by atoms with van der Waals surface area (Å²) in [5.74, 6) is -0.0323. The molecule has 0 spiro atoms. The first-order chi connectivity index (χ1) is 17.1. The molecule has 1 fully saturated rings. The van der Waals surface area contributed by atoms with Gasteiger partial charge in [0.05, 0.1) is 39.1 Å². The normalized spacial score (nSPS) is 17.7. The highest BCUT2D eigenvalue weighted by Crippen LogP contribution is 2.30. The number of esters is 1. The number of nitrogens with zero attached hydrogens (tertiary/aromatic N) is 2. The van der Waals surface area contributed by atoms with Crippen molar-refractivity contribution in [2.24, 2.45) is 11.0 Å². The van der Waals surface area contributed by atoms with Crippen LogP contribution in [0, 0.1) is 5.92 Å². The average Bonchev–Trinajstić information content (AvgIpc) is 2.88. The molecular formula is C27H33N3O5. The zero-order valence-corrected chi connectivity index (χ0v) is 20.2.